The zero-order valence-corrected chi connectivity index (χ0v) is 13.9. The van der Waals surface area contributed by atoms with Gasteiger partial charge in [-0.1, -0.05) is 36.4 Å². The minimum atomic E-state index is 0.139. The fourth-order valence-electron chi connectivity index (χ4n) is 2.01. The standard InChI is InChI=1S/C17H20ClNOS/c1-3-12(19)11-15-16(18)5-4-6-17(15)21-14-9-7-13(20-2)8-10-14/h4-10,12H,3,11,19H2,1-2H3. The van der Waals surface area contributed by atoms with Crippen molar-refractivity contribution in [1.82, 2.24) is 0 Å². The molecule has 2 rings (SSSR count). The predicted octanol–water partition coefficient (Wildman–Crippen LogP) is 4.78. The minimum absolute atomic E-state index is 0.139. The molecule has 0 aliphatic heterocycles. The Bertz CT molecular complexity index is 586. The third-order valence-electron chi connectivity index (χ3n) is 3.35. The van der Waals surface area contributed by atoms with Gasteiger partial charge in [-0.15, -0.1) is 0 Å². The molecule has 2 aromatic rings. The van der Waals surface area contributed by atoms with Crippen molar-refractivity contribution in [3.63, 3.8) is 0 Å². The van der Waals surface area contributed by atoms with Crippen LogP contribution in [0.4, 0.5) is 0 Å². The van der Waals surface area contributed by atoms with Gasteiger partial charge >= 0.3 is 0 Å². The minimum Gasteiger partial charge on any atom is -0.497 e. The first-order valence-electron chi connectivity index (χ1n) is 6.99. The lowest BCUT2D eigenvalue weighted by molar-refractivity contribution is 0.414. The molecule has 0 saturated heterocycles. The van der Waals surface area contributed by atoms with Crippen LogP contribution in [0.25, 0.3) is 0 Å². The molecular weight excluding hydrogens is 302 g/mol. The van der Waals surface area contributed by atoms with Crippen molar-refractivity contribution >= 4 is 23.4 Å². The first-order valence-corrected chi connectivity index (χ1v) is 8.18. The molecule has 0 aliphatic rings. The van der Waals surface area contributed by atoms with Crippen molar-refractivity contribution in [3.05, 3.63) is 53.1 Å². The monoisotopic (exact) mass is 321 g/mol. The van der Waals surface area contributed by atoms with Crippen LogP contribution >= 0.6 is 23.4 Å². The third-order valence-corrected chi connectivity index (χ3v) is 4.82. The highest BCUT2D eigenvalue weighted by atomic mass is 35.5. The molecule has 0 spiro atoms. The Morgan fingerprint density at radius 1 is 1.19 bits per heavy atom. The van der Waals surface area contributed by atoms with Gasteiger partial charge in [0.1, 0.15) is 5.75 Å². The highest BCUT2D eigenvalue weighted by Crippen LogP contribution is 2.35. The highest BCUT2D eigenvalue weighted by Gasteiger charge is 2.12. The Hall–Kier alpha value is -1.16. The summed E-state index contributed by atoms with van der Waals surface area (Å²) in [4.78, 5) is 2.32. The molecule has 0 saturated carbocycles. The van der Waals surface area contributed by atoms with Crippen molar-refractivity contribution in [2.45, 2.75) is 35.6 Å². The maximum absolute atomic E-state index is 6.36. The molecule has 0 heterocycles. The zero-order valence-electron chi connectivity index (χ0n) is 12.3. The molecular formula is C17H20ClNOS. The fourth-order valence-corrected chi connectivity index (χ4v) is 3.31. The van der Waals surface area contributed by atoms with Crippen LogP contribution in [-0.2, 0) is 6.42 Å². The number of hydrogen-bond acceptors (Lipinski definition) is 3. The summed E-state index contributed by atoms with van der Waals surface area (Å²) >= 11 is 8.06. The summed E-state index contributed by atoms with van der Waals surface area (Å²) in [6, 6.07) is 14.2. The predicted molar refractivity (Wildman–Crippen MR) is 90.5 cm³/mol. The summed E-state index contributed by atoms with van der Waals surface area (Å²) in [6.07, 6.45) is 1.74. The molecule has 2 N–H and O–H groups in total. The summed E-state index contributed by atoms with van der Waals surface area (Å²) in [5.41, 5.74) is 7.22. The van der Waals surface area contributed by atoms with Gasteiger partial charge in [-0.2, -0.15) is 0 Å². The summed E-state index contributed by atoms with van der Waals surface area (Å²) in [5.74, 6) is 0.860. The van der Waals surface area contributed by atoms with E-state index >= 15 is 0 Å². The van der Waals surface area contributed by atoms with E-state index in [1.807, 2.05) is 36.4 Å². The maximum atomic E-state index is 6.36. The summed E-state index contributed by atoms with van der Waals surface area (Å²) < 4.78 is 5.18. The average molecular weight is 322 g/mol. The zero-order chi connectivity index (χ0) is 15.2. The van der Waals surface area contributed by atoms with E-state index < -0.39 is 0 Å². The van der Waals surface area contributed by atoms with Crippen LogP contribution in [-0.4, -0.2) is 13.2 Å². The topological polar surface area (TPSA) is 35.2 Å². The molecule has 1 unspecified atom stereocenters. The number of benzene rings is 2. The van der Waals surface area contributed by atoms with E-state index in [1.165, 1.54) is 0 Å². The summed E-state index contributed by atoms with van der Waals surface area (Å²) in [5, 5.41) is 0.789. The van der Waals surface area contributed by atoms with Gasteiger partial charge in [-0.05, 0) is 54.8 Å². The molecule has 21 heavy (non-hydrogen) atoms. The Balaban J connectivity index is 2.23. The molecule has 0 aromatic heterocycles. The van der Waals surface area contributed by atoms with E-state index in [-0.39, 0.29) is 6.04 Å². The number of rotatable bonds is 6. The van der Waals surface area contributed by atoms with Crippen LogP contribution in [0.3, 0.4) is 0 Å². The van der Waals surface area contributed by atoms with E-state index in [9.17, 15) is 0 Å². The van der Waals surface area contributed by atoms with E-state index in [0.717, 1.165) is 39.0 Å². The number of nitrogens with two attached hydrogens (primary N) is 1. The number of hydrogen-bond donors (Lipinski definition) is 1. The average Bonchev–Trinajstić information content (AvgIpc) is 2.51. The van der Waals surface area contributed by atoms with Crippen molar-refractivity contribution in [2.75, 3.05) is 7.11 Å². The molecule has 0 aliphatic carbocycles. The number of methoxy groups -OCH3 is 1. The third kappa shape index (κ3) is 4.40. The van der Waals surface area contributed by atoms with Crippen molar-refractivity contribution < 1.29 is 4.74 Å². The quantitative estimate of drug-likeness (QED) is 0.831. The molecule has 1 atom stereocenters. The van der Waals surface area contributed by atoms with E-state index in [1.54, 1.807) is 18.9 Å². The van der Waals surface area contributed by atoms with Crippen LogP contribution in [0, 0.1) is 0 Å². The smallest absolute Gasteiger partial charge is 0.118 e. The second kappa shape index (κ2) is 7.74. The Labute approximate surface area is 135 Å². The lowest BCUT2D eigenvalue weighted by atomic mass is 10.0. The van der Waals surface area contributed by atoms with E-state index in [2.05, 4.69) is 13.0 Å². The second-order valence-electron chi connectivity index (χ2n) is 4.87. The van der Waals surface area contributed by atoms with Crippen LogP contribution in [0.15, 0.2) is 52.3 Å². The van der Waals surface area contributed by atoms with E-state index in [4.69, 9.17) is 22.1 Å². The highest BCUT2D eigenvalue weighted by molar-refractivity contribution is 7.99. The van der Waals surface area contributed by atoms with Gasteiger partial charge in [0.15, 0.2) is 0 Å². The number of halogens is 1. The lowest BCUT2D eigenvalue weighted by Gasteiger charge is -2.15. The van der Waals surface area contributed by atoms with Gasteiger partial charge in [-0.25, -0.2) is 0 Å². The van der Waals surface area contributed by atoms with Crippen LogP contribution in [0.5, 0.6) is 5.75 Å². The molecule has 0 bridgehead atoms. The SMILES string of the molecule is CCC(N)Cc1c(Cl)cccc1Sc1ccc(OC)cc1. The largest absolute Gasteiger partial charge is 0.497 e. The summed E-state index contributed by atoms with van der Waals surface area (Å²) in [6.45, 7) is 2.10. The molecule has 0 fully saturated rings. The number of ether oxygens (including phenoxy) is 1. The molecule has 112 valence electrons. The van der Waals surface area contributed by atoms with Crippen LogP contribution in [0.1, 0.15) is 18.9 Å². The van der Waals surface area contributed by atoms with Crippen LogP contribution < -0.4 is 10.5 Å². The second-order valence-corrected chi connectivity index (χ2v) is 6.39. The van der Waals surface area contributed by atoms with Gasteiger partial charge in [0.25, 0.3) is 0 Å². The fraction of sp³-hybridized carbons (Fsp3) is 0.294. The van der Waals surface area contributed by atoms with Crippen LogP contribution in [0.2, 0.25) is 5.02 Å². The molecule has 0 radical (unpaired) electrons. The maximum Gasteiger partial charge on any atom is 0.118 e. The van der Waals surface area contributed by atoms with Gasteiger partial charge in [-0.3, -0.25) is 0 Å². The summed E-state index contributed by atoms with van der Waals surface area (Å²) in [7, 11) is 1.67. The first kappa shape index (κ1) is 16.2. The Kier molecular flexibility index (Phi) is 5.97. The molecule has 2 aromatic carbocycles. The molecule has 2 nitrogen and oxygen atoms in total. The van der Waals surface area contributed by atoms with Gasteiger partial charge in [0.2, 0.25) is 0 Å². The molecule has 4 heteroatoms. The van der Waals surface area contributed by atoms with Gasteiger partial charge < -0.3 is 10.5 Å². The molecule has 0 amide bonds. The normalized spacial score (nSPS) is 12.2. The van der Waals surface area contributed by atoms with Crippen molar-refractivity contribution in [1.29, 1.82) is 0 Å². The van der Waals surface area contributed by atoms with Crippen molar-refractivity contribution in [3.8, 4) is 5.75 Å². The van der Waals surface area contributed by atoms with Gasteiger partial charge in [0, 0.05) is 20.9 Å². The Morgan fingerprint density at radius 3 is 2.52 bits per heavy atom. The van der Waals surface area contributed by atoms with Gasteiger partial charge in [0.05, 0.1) is 7.11 Å². The Morgan fingerprint density at radius 2 is 1.90 bits per heavy atom. The van der Waals surface area contributed by atoms with Crippen molar-refractivity contribution in [2.24, 2.45) is 5.73 Å². The van der Waals surface area contributed by atoms with E-state index in [0.29, 0.717) is 0 Å². The first-order chi connectivity index (χ1) is 10.1. The lowest BCUT2D eigenvalue weighted by Crippen LogP contribution is -2.21.